The standard InChI is InChI=1S/C15H16N2O2S/c16-13(20)10-6-4-9(5-7-10)8-17-14(18)11-2-1-3-12(11)15(17)19/h4-7,11-12H,1-3,8H2,(H2,16,20). The summed E-state index contributed by atoms with van der Waals surface area (Å²) in [6.07, 6.45) is 2.70. The van der Waals surface area contributed by atoms with Gasteiger partial charge in [0.05, 0.1) is 18.4 Å². The molecule has 0 bridgehead atoms. The molecule has 1 heterocycles. The lowest BCUT2D eigenvalue weighted by atomic mass is 10.00. The van der Waals surface area contributed by atoms with Gasteiger partial charge < -0.3 is 5.73 Å². The summed E-state index contributed by atoms with van der Waals surface area (Å²) >= 11 is 4.90. The number of nitrogens with two attached hydrogens (primary N) is 1. The van der Waals surface area contributed by atoms with E-state index in [1.165, 1.54) is 4.90 Å². The topological polar surface area (TPSA) is 63.4 Å². The van der Waals surface area contributed by atoms with Gasteiger partial charge in [-0.2, -0.15) is 0 Å². The van der Waals surface area contributed by atoms with E-state index in [4.69, 9.17) is 18.0 Å². The molecule has 2 atom stereocenters. The number of hydrogen-bond donors (Lipinski definition) is 1. The molecule has 1 saturated heterocycles. The quantitative estimate of drug-likeness (QED) is 0.678. The number of thiocarbonyl (C=S) groups is 1. The highest BCUT2D eigenvalue weighted by molar-refractivity contribution is 7.80. The van der Waals surface area contributed by atoms with Gasteiger partial charge in [0.2, 0.25) is 11.8 Å². The molecule has 1 aromatic carbocycles. The lowest BCUT2D eigenvalue weighted by Gasteiger charge is -2.16. The van der Waals surface area contributed by atoms with E-state index in [1.54, 1.807) is 0 Å². The molecule has 2 fully saturated rings. The predicted molar refractivity (Wildman–Crippen MR) is 78.7 cm³/mol. The summed E-state index contributed by atoms with van der Waals surface area (Å²) in [5.74, 6) is -0.149. The first-order chi connectivity index (χ1) is 9.58. The summed E-state index contributed by atoms with van der Waals surface area (Å²) in [5.41, 5.74) is 7.26. The molecule has 2 aliphatic rings. The second kappa shape index (κ2) is 4.98. The Bertz CT molecular complexity index is 560. The Hall–Kier alpha value is -1.75. The Kier molecular flexibility index (Phi) is 3.30. The van der Waals surface area contributed by atoms with Crippen LogP contribution in [-0.4, -0.2) is 21.7 Å². The monoisotopic (exact) mass is 288 g/mol. The number of benzene rings is 1. The largest absolute Gasteiger partial charge is 0.389 e. The summed E-state index contributed by atoms with van der Waals surface area (Å²) in [4.78, 5) is 26.2. The number of carbonyl (C=O) groups is 2. The average Bonchev–Trinajstić information content (AvgIpc) is 2.99. The van der Waals surface area contributed by atoms with Crippen molar-refractivity contribution in [1.82, 2.24) is 4.90 Å². The van der Waals surface area contributed by atoms with Crippen LogP contribution in [0.1, 0.15) is 30.4 Å². The number of amides is 2. The maximum atomic E-state index is 12.2. The number of nitrogens with zero attached hydrogens (tertiary/aromatic N) is 1. The summed E-state index contributed by atoms with van der Waals surface area (Å²) in [7, 11) is 0. The normalized spacial score (nSPS) is 25.1. The van der Waals surface area contributed by atoms with E-state index < -0.39 is 0 Å². The summed E-state index contributed by atoms with van der Waals surface area (Å²) in [6, 6.07) is 7.37. The molecule has 1 aromatic rings. The maximum Gasteiger partial charge on any atom is 0.233 e. The number of likely N-dealkylation sites (tertiary alicyclic amines) is 1. The number of imide groups is 1. The number of hydrogen-bond acceptors (Lipinski definition) is 3. The zero-order valence-corrected chi connectivity index (χ0v) is 11.9. The highest BCUT2D eigenvalue weighted by Crippen LogP contribution is 2.40. The van der Waals surface area contributed by atoms with Crippen LogP contribution in [0, 0.1) is 11.8 Å². The third kappa shape index (κ3) is 2.12. The van der Waals surface area contributed by atoms with Crippen molar-refractivity contribution >= 4 is 29.0 Å². The molecule has 2 N–H and O–H groups in total. The van der Waals surface area contributed by atoms with Crippen LogP contribution < -0.4 is 5.73 Å². The van der Waals surface area contributed by atoms with E-state index in [9.17, 15) is 9.59 Å². The van der Waals surface area contributed by atoms with Gasteiger partial charge >= 0.3 is 0 Å². The average molecular weight is 288 g/mol. The Morgan fingerprint density at radius 2 is 1.70 bits per heavy atom. The smallest absolute Gasteiger partial charge is 0.233 e. The van der Waals surface area contributed by atoms with E-state index >= 15 is 0 Å². The molecule has 20 heavy (non-hydrogen) atoms. The van der Waals surface area contributed by atoms with Gasteiger partial charge in [-0.3, -0.25) is 14.5 Å². The van der Waals surface area contributed by atoms with Crippen LogP contribution in [0.3, 0.4) is 0 Å². The molecule has 0 radical (unpaired) electrons. The number of fused-ring (bicyclic) bond motifs is 1. The molecular weight excluding hydrogens is 272 g/mol. The van der Waals surface area contributed by atoms with Gasteiger partial charge in [-0.05, 0) is 18.4 Å². The van der Waals surface area contributed by atoms with Crippen molar-refractivity contribution in [3.05, 3.63) is 35.4 Å². The van der Waals surface area contributed by atoms with Gasteiger partial charge in [-0.15, -0.1) is 0 Å². The van der Waals surface area contributed by atoms with Crippen molar-refractivity contribution in [2.75, 3.05) is 0 Å². The SMILES string of the molecule is NC(=S)c1ccc(CN2C(=O)C3CCCC3C2=O)cc1. The van der Waals surface area contributed by atoms with Crippen molar-refractivity contribution in [1.29, 1.82) is 0 Å². The highest BCUT2D eigenvalue weighted by Gasteiger charge is 2.49. The van der Waals surface area contributed by atoms with E-state index in [2.05, 4.69) is 0 Å². The molecule has 0 aromatic heterocycles. The van der Waals surface area contributed by atoms with Crippen molar-refractivity contribution in [3.8, 4) is 0 Å². The maximum absolute atomic E-state index is 12.2. The van der Waals surface area contributed by atoms with Crippen molar-refractivity contribution in [2.45, 2.75) is 25.8 Å². The van der Waals surface area contributed by atoms with E-state index in [-0.39, 0.29) is 23.7 Å². The van der Waals surface area contributed by atoms with E-state index in [0.29, 0.717) is 11.5 Å². The minimum Gasteiger partial charge on any atom is -0.389 e. The van der Waals surface area contributed by atoms with Crippen molar-refractivity contribution in [3.63, 3.8) is 0 Å². The van der Waals surface area contributed by atoms with Crippen LogP contribution >= 0.6 is 12.2 Å². The molecule has 5 heteroatoms. The van der Waals surface area contributed by atoms with Gasteiger partial charge in [0, 0.05) is 5.56 Å². The van der Waals surface area contributed by atoms with Gasteiger partial charge in [0.15, 0.2) is 0 Å². The van der Waals surface area contributed by atoms with Crippen LogP contribution in [0.15, 0.2) is 24.3 Å². The molecular formula is C15H16N2O2S. The Balaban J connectivity index is 1.76. The van der Waals surface area contributed by atoms with Gasteiger partial charge in [-0.1, -0.05) is 42.9 Å². The van der Waals surface area contributed by atoms with Crippen LogP contribution in [0.4, 0.5) is 0 Å². The Morgan fingerprint density at radius 1 is 1.15 bits per heavy atom. The van der Waals surface area contributed by atoms with Gasteiger partial charge in [0.25, 0.3) is 0 Å². The van der Waals surface area contributed by atoms with Crippen LogP contribution in [0.25, 0.3) is 0 Å². The fourth-order valence-corrected chi connectivity index (χ4v) is 3.31. The third-order valence-corrected chi connectivity index (χ3v) is 4.50. The molecule has 1 aliphatic heterocycles. The van der Waals surface area contributed by atoms with Gasteiger partial charge in [0.1, 0.15) is 4.99 Å². The first kappa shape index (κ1) is 13.2. The first-order valence-corrected chi connectivity index (χ1v) is 7.22. The first-order valence-electron chi connectivity index (χ1n) is 6.82. The molecule has 4 nitrogen and oxygen atoms in total. The third-order valence-electron chi connectivity index (χ3n) is 4.26. The lowest BCUT2D eigenvalue weighted by molar-refractivity contribution is -0.141. The second-order valence-electron chi connectivity index (χ2n) is 5.47. The summed E-state index contributed by atoms with van der Waals surface area (Å²) in [5, 5.41) is 0. The van der Waals surface area contributed by atoms with Crippen LogP contribution in [-0.2, 0) is 16.1 Å². The van der Waals surface area contributed by atoms with Crippen molar-refractivity contribution in [2.24, 2.45) is 17.6 Å². The molecule has 2 amide bonds. The lowest BCUT2D eigenvalue weighted by Crippen LogP contribution is -2.31. The molecule has 2 unspecified atom stereocenters. The predicted octanol–water partition coefficient (Wildman–Crippen LogP) is 1.61. The Morgan fingerprint density at radius 3 is 2.20 bits per heavy atom. The molecule has 3 rings (SSSR count). The zero-order valence-electron chi connectivity index (χ0n) is 11.0. The van der Waals surface area contributed by atoms with Crippen LogP contribution in [0.5, 0.6) is 0 Å². The summed E-state index contributed by atoms with van der Waals surface area (Å²) in [6.45, 7) is 0.349. The van der Waals surface area contributed by atoms with E-state index in [0.717, 1.165) is 30.4 Å². The second-order valence-corrected chi connectivity index (χ2v) is 5.91. The molecule has 1 aliphatic carbocycles. The fourth-order valence-electron chi connectivity index (χ4n) is 3.17. The Labute approximate surface area is 122 Å². The molecule has 104 valence electrons. The molecule has 1 saturated carbocycles. The van der Waals surface area contributed by atoms with Gasteiger partial charge in [-0.25, -0.2) is 0 Å². The highest BCUT2D eigenvalue weighted by atomic mass is 32.1. The summed E-state index contributed by atoms with van der Waals surface area (Å²) < 4.78 is 0. The van der Waals surface area contributed by atoms with Crippen LogP contribution in [0.2, 0.25) is 0 Å². The number of rotatable bonds is 3. The minimum atomic E-state index is -0.0709. The number of carbonyl (C=O) groups excluding carboxylic acids is 2. The van der Waals surface area contributed by atoms with Crippen molar-refractivity contribution < 1.29 is 9.59 Å². The van der Waals surface area contributed by atoms with E-state index in [1.807, 2.05) is 24.3 Å². The minimum absolute atomic E-state index is 0.00378. The molecule has 0 spiro atoms. The fraction of sp³-hybridized carbons (Fsp3) is 0.400. The zero-order chi connectivity index (χ0) is 14.3.